The molecule has 0 spiro atoms. The van der Waals surface area contributed by atoms with Gasteiger partial charge in [0.2, 0.25) is 5.91 Å². The molecule has 1 rings (SSSR count). The van der Waals surface area contributed by atoms with Crippen LogP contribution < -0.4 is 5.32 Å². The van der Waals surface area contributed by atoms with Crippen LogP contribution in [0.4, 0.5) is 0 Å². The molecule has 0 aliphatic heterocycles. The van der Waals surface area contributed by atoms with Gasteiger partial charge >= 0.3 is 5.97 Å². The summed E-state index contributed by atoms with van der Waals surface area (Å²) in [6.07, 6.45) is -0.110. The topological polar surface area (TPSA) is 66.4 Å². The third kappa shape index (κ3) is 4.20. The molecule has 18 heavy (non-hydrogen) atoms. The molecular formula is C14H19NO3. The second-order valence-corrected chi connectivity index (χ2v) is 4.72. The highest BCUT2D eigenvalue weighted by Crippen LogP contribution is 2.18. The molecule has 0 aliphatic carbocycles. The summed E-state index contributed by atoms with van der Waals surface area (Å²) in [5.74, 6) is -1.22. The van der Waals surface area contributed by atoms with Gasteiger partial charge in [-0.25, -0.2) is 0 Å². The largest absolute Gasteiger partial charge is 0.481 e. The Kier molecular flexibility index (Phi) is 4.89. The standard InChI is InChI=1S/C14H19NO3/c1-9(2)14(18)15-12(8-13(16)17)11-6-4-10(3)5-7-11/h4-7,9,12H,8H2,1-3H3,(H,15,18)(H,16,17). The molecule has 0 aromatic heterocycles. The van der Waals surface area contributed by atoms with Crippen LogP contribution in [0.1, 0.15) is 37.4 Å². The molecule has 1 atom stereocenters. The average molecular weight is 249 g/mol. The molecule has 1 aromatic carbocycles. The minimum Gasteiger partial charge on any atom is -0.481 e. The highest BCUT2D eigenvalue weighted by atomic mass is 16.4. The van der Waals surface area contributed by atoms with Crippen LogP contribution in [0.25, 0.3) is 0 Å². The number of carbonyl (C=O) groups is 2. The number of carboxylic acid groups (broad SMARTS) is 1. The van der Waals surface area contributed by atoms with Gasteiger partial charge in [0.15, 0.2) is 0 Å². The van der Waals surface area contributed by atoms with E-state index in [1.165, 1.54) is 0 Å². The first-order valence-corrected chi connectivity index (χ1v) is 5.99. The molecule has 1 unspecified atom stereocenters. The number of aryl methyl sites for hydroxylation is 1. The number of aliphatic carboxylic acids is 1. The molecule has 98 valence electrons. The number of rotatable bonds is 5. The van der Waals surface area contributed by atoms with Crippen molar-refractivity contribution < 1.29 is 14.7 Å². The predicted octanol–water partition coefficient (Wildman–Crippen LogP) is 2.28. The van der Waals surface area contributed by atoms with Crippen LogP contribution in [-0.4, -0.2) is 17.0 Å². The van der Waals surface area contributed by atoms with E-state index in [1.54, 1.807) is 13.8 Å². The summed E-state index contributed by atoms with van der Waals surface area (Å²) >= 11 is 0. The van der Waals surface area contributed by atoms with Crippen LogP contribution in [0.15, 0.2) is 24.3 Å². The lowest BCUT2D eigenvalue weighted by molar-refractivity contribution is -0.137. The number of carboxylic acids is 1. The van der Waals surface area contributed by atoms with Gasteiger partial charge in [0, 0.05) is 5.92 Å². The summed E-state index contributed by atoms with van der Waals surface area (Å²) in [5.41, 5.74) is 1.92. The summed E-state index contributed by atoms with van der Waals surface area (Å²) in [6, 6.07) is 7.04. The molecule has 0 fully saturated rings. The summed E-state index contributed by atoms with van der Waals surface area (Å²) in [5, 5.41) is 11.7. The molecule has 0 saturated heterocycles. The highest BCUT2D eigenvalue weighted by molar-refractivity contribution is 5.79. The van der Waals surface area contributed by atoms with Gasteiger partial charge in [-0.2, -0.15) is 0 Å². The molecule has 0 heterocycles. The SMILES string of the molecule is Cc1ccc(C(CC(=O)O)NC(=O)C(C)C)cc1. The highest BCUT2D eigenvalue weighted by Gasteiger charge is 2.19. The Balaban J connectivity index is 2.87. The summed E-state index contributed by atoms with van der Waals surface area (Å²) < 4.78 is 0. The van der Waals surface area contributed by atoms with Crippen molar-refractivity contribution in [3.05, 3.63) is 35.4 Å². The van der Waals surface area contributed by atoms with Crippen molar-refractivity contribution in [2.24, 2.45) is 5.92 Å². The van der Waals surface area contributed by atoms with Gasteiger partial charge in [0.25, 0.3) is 0 Å². The first kappa shape index (κ1) is 14.2. The fourth-order valence-electron chi connectivity index (χ4n) is 1.56. The second kappa shape index (κ2) is 6.19. The number of benzene rings is 1. The van der Waals surface area contributed by atoms with Gasteiger partial charge in [-0.3, -0.25) is 9.59 Å². The van der Waals surface area contributed by atoms with Gasteiger partial charge in [-0.1, -0.05) is 43.7 Å². The normalized spacial score (nSPS) is 12.2. The van der Waals surface area contributed by atoms with Crippen molar-refractivity contribution in [1.82, 2.24) is 5.32 Å². The Morgan fingerprint density at radius 3 is 2.22 bits per heavy atom. The fraction of sp³-hybridized carbons (Fsp3) is 0.429. The molecule has 4 nitrogen and oxygen atoms in total. The first-order chi connectivity index (χ1) is 8.40. The molecule has 1 aromatic rings. The molecular weight excluding hydrogens is 230 g/mol. The maximum absolute atomic E-state index is 11.7. The Morgan fingerprint density at radius 2 is 1.78 bits per heavy atom. The fourth-order valence-corrected chi connectivity index (χ4v) is 1.56. The van der Waals surface area contributed by atoms with Crippen LogP contribution >= 0.6 is 0 Å². The van der Waals surface area contributed by atoms with Crippen LogP contribution in [-0.2, 0) is 9.59 Å². The third-order valence-electron chi connectivity index (χ3n) is 2.70. The Hall–Kier alpha value is -1.84. The lowest BCUT2D eigenvalue weighted by atomic mass is 10.0. The van der Waals surface area contributed by atoms with Crippen molar-refractivity contribution in [3.8, 4) is 0 Å². The van der Waals surface area contributed by atoms with E-state index >= 15 is 0 Å². The Bertz CT molecular complexity index is 423. The van der Waals surface area contributed by atoms with Gasteiger partial charge < -0.3 is 10.4 Å². The minimum absolute atomic E-state index is 0.110. The van der Waals surface area contributed by atoms with E-state index in [1.807, 2.05) is 31.2 Å². The van der Waals surface area contributed by atoms with Crippen molar-refractivity contribution >= 4 is 11.9 Å². The second-order valence-electron chi connectivity index (χ2n) is 4.72. The van der Waals surface area contributed by atoms with Crippen LogP contribution in [0, 0.1) is 12.8 Å². The third-order valence-corrected chi connectivity index (χ3v) is 2.70. The molecule has 0 aliphatic rings. The average Bonchev–Trinajstić information content (AvgIpc) is 2.28. The monoisotopic (exact) mass is 249 g/mol. The summed E-state index contributed by atoms with van der Waals surface area (Å²) in [6.45, 7) is 5.52. The van der Waals surface area contributed by atoms with Crippen molar-refractivity contribution in [2.75, 3.05) is 0 Å². The number of carbonyl (C=O) groups excluding carboxylic acids is 1. The van der Waals surface area contributed by atoms with Crippen LogP contribution in [0.5, 0.6) is 0 Å². The zero-order valence-electron chi connectivity index (χ0n) is 10.9. The Labute approximate surface area is 107 Å². The maximum Gasteiger partial charge on any atom is 0.305 e. The van der Waals surface area contributed by atoms with E-state index in [0.717, 1.165) is 11.1 Å². The lowest BCUT2D eigenvalue weighted by Gasteiger charge is -2.19. The molecule has 2 N–H and O–H groups in total. The van der Waals surface area contributed by atoms with Crippen molar-refractivity contribution in [1.29, 1.82) is 0 Å². The number of hydrogen-bond acceptors (Lipinski definition) is 2. The number of nitrogens with one attached hydrogen (secondary N) is 1. The van der Waals surface area contributed by atoms with E-state index in [9.17, 15) is 9.59 Å². The van der Waals surface area contributed by atoms with Gasteiger partial charge in [0.1, 0.15) is 0 Å². The predicted molar refractivity (Wildman–Crippen MR) is 69.2 cm³/mol. The van der Waals surface area contributed by atoms with E-state index in [0.29, 0.717) is 0 Å². The summed E-state index contributed by atoms with van der Waals surface area (Å²) in [7, 11) is 0. The maximum atomic E-state index is 11.7. The van der Waals surface area contributed by atoms with Gasteiger partial charge in [0.05, 0.1) is 12.5 Å². The first-order valence-electron chi connectivity index (χ1n) is 5.99. The van der Waals surface area contributed by atoms with Crippen LogP contribution in [0.2, 0.25) is 0 Å². The van der Waals surface area contributed by atoms with Crippen molar-refractivity contribution in [3.63, 3.8) is 0 Å². The van der Waals surface area contributed by atoms with Gasteiger partial charge in [-0.15, -0.1) is 0 Å². The van der Waals surface area contributed by atoms with E-state index in [-0.39, 0.29) is 18.2 Å². The molecule has 4 heteroatoms. The molecule has 0 bridgehead atoms. The Morgan fingerprint density at radius 1 is 1.22 bits per heavy atom. The van der Waals surface area contributed by atoms with Gasteiger partial charge in [-0.05, 0) is 12.5 Å². The molecule has 0 radical (unpaired) electrons. The number of amides is 1. The quantitative estimate of drug-likeness (QED) is 0.841. The van der Waals surface area contributed by atoms with Crippen molar-refractivity contribution in [2.45, 2.75) is 33.2 Å². The zero-order valence-corrected chi connectivity index (χ0v) is 10.9. The minimum atomic E-state index is -0.926. The zero-order chi connectivity index (χ0) is 13.7. The molecule has 1 amide bonds. The smallest absolute Gasteiger partial charge is 0.305 e. The van der Waals surface area contributed by atoms with E-state index < -0.39 is 12.0 Å². The number of hydrogen-bond donors (Lipinski definition) is 2. The van der Waals surface area contributed by atoms with E-state index in [4.69, 9.17) is 5.11 Å². The summed E-state index contributed by atoms with van der Waals surface area (Å²) in [4.78, 5) is 22.5. The lowest BCUT2D eigenvalue weighted by Crippen LogP contribution is -2.33. The molecule has 0 saturated carbocycles. The van der Waals surface area contributed by atoms with E-state index in [2.05, 4.69) is 5.32 Å². The van der Waals surface area contributed by atoms with Crippen LogP contribution in [0.3, 0.4) is 0 Å².